The molecule has 2 aromatic rings. The van der Waals surface area contributed by atoms with Crippen LogP contribution in [0.25, 0.3) is 0 Å². The summed E-state index contributed by atoms with van der Waals surface area (Å²) < 4.78 is 30.1. The number of halogens is 3. The van der Waals surface area contributed by atoms with E-state index in [1.54, 1.807) is 30.3 Å². The van der Waals surface area contributed by atoms with Crippen LogP contribution in [-0.4, -0.2) is 35.8 Å². The van der Waals surface area contributed by atoms with E-state index >= 15 is 0 Å². The molecule has 0 saturated carbocycles. The molecule has 0 aliphatic carbocycles. The summed E-state index contributed by atoms with van der Waals surface area (Å²) in [6, 6.07) is 9.58. The number of para-hydroxylation sites is 1. The van der Waals surface area contributed by atoms with E-state index in [9.17, 15) is 13.6 Å². The van der Waals surface area contributed by atoms with Crippen molar-refractivity contribution in [1.82, 2.24) is 15.5 Å². The van der Waals surface area contributed by atoms with Gasteiger partial charge in [0.15, 0.2) is 11.0 Å². The fourth-order valence-corrected chi connectivity index (χ4v) is 3.64. The number of aromatic nitrogens is 2. The summed E-state index contributed by atoms with van der Waals surface area (Å²) in [6.45, 7) is 0.258. The molecular formula is C20H23ClF2N4O2. The van der Waals surface area contributed by atoms with Gasteiger partial charge in [0.25, 0.3) is 0 Å². The number of nitrogens with zero attached hydrogens (tertiary/aromatic N) is 3. The molecule has 1 aliphatic heterocycles. The van der Waals surface area contributed by atoms with Gasteiger partial charge < -0.3 is 15.0 Å². The average Bonchev–Trinajstić information content (AvgIpc) is 2.72. The third-order valence-electron chi connectivity index (χ3n) is 4.97. The maximum atomic E-state index is 12.9. The lowest BCUT2D eigenvalue weighted by atomic mass is 9.95. The van der Waals surface area contributed by atoms with Crippen LogP contribution in [0, 0.1) is 5.92 Å². The fraction of sp³-hybridized carbons (Fsp3) is 0.450. The van der Waals surface area contributed by atoms with E-state index in [0.29, 0.717) is 29.5 Å². The summed E-state index contributed by atoms with van der Waals surface area (Å²) in [5.41, 5.74) is 0.542. The van der Waals surface area contributed by atoms with Gasteiger partial charge >= 0.3 is 6.61 Å². The van der Waals surface area contributed by atoms with E-state index in [-0.39, 0.29) is 17.6 Å². The van der Waals surface area contributed by atoms with Gasteiger partial charge in [0, 0.05) is 18.7 Å². The maximum absolute atomic E-state index is 12.9. The lowest BCUT2D eigenvalue weighted by Gasteiger charge is -2.33. The highest BCUT2D eigenvalue weighted by molar-refractivity contribution is 6.29. The highest BCUT2D eigenvalue weighted by atomic mass is 35.5. The van der Waals surface area contributed by atoms with Crippen LogP contribution in [-0.2, 0) is 4.79 Å². The summed E-state index contributed by atoms with van der Waals surface area (Å²) in [6.07, 6.45) is 2.13. The Morgan fingerprint density at radius 1 is 1.31 bits per heavy atom. The van der Waals surface area contributed by atoms with Gasteiger partial charge in [-0.3, -0.25) is 4.79 Å². The van der Waals surface area contributed by atoms with Crippen molar-refractivity contribution in [2.75, 3.05) is 18.0 Å². The van der Waals surface area contributed by atoms with Gasteiger partial charge in [0.2, 0.25) is 5.91 Å². The van der Waals surface area contributed by atoms with Crippen LogP contribution >= 0.6 is 11.6 Å². The number of rotatable bonds is 7. The average molecular weight is 425 g/mol. The Balaban J connectivity index is 1.69. The number of benzene rings is 1. The molecule has 6 nitrogen and oxygen atoms in total. The minimum Gasteiger partial charge on any atom is -0.434 e. The zero-order valence-electron chi connectivity index (χ0n) is 16.0. The Hall–Kier alpha value is -2.48. The second kappa shape index (κ2) is 9.82. The number of nitrogens with one attached hydrogen (secondary N) is 1. The predicted octanol–water partition coefficient (Wildman–Crippen LogP) is 4.22. The zero-order chi connectivity index (χ0) is 20.8. The molecule has 3 rings (SSSR count). The normalized spacial score (nSPS) is 17.8. The second-order valence-electron chi connectivity index (χ2n) is 6.89. The van der Waals surface area contributed by atoms with Gasteiger partial charge in [-0.25, -0.2) is 0 Å². The van der Waals surface area contributed by atoms with Crippen LogP contribution in [0.3, 0.4) is 0 Å². The molecule has 1 aromatic heterocycles. The van der Waals surface area contributed by atoms with Gasteiger partial charge in [-0.15, -0.1) is 10.2 Å². The maximum Gasteiger partial charge on any atom is 0.387 e. The van der Waals surface area contributed by atoms with Crippen molar-refractivity contribution in [3.63, 3.8) is 0 Å². The molecule has 29 heavy (non-hydrogen) atoms. The Morgan fingerprint density at radius 2 is 2.10 bits per heavy atom. The smallest absolute Gasteiger partial charge is 0.387 e. The first kappa shape index (κ1) is 21.2. The van der Waals surface area contributed by atoms with Crippen LogP contribution in [0.4, 0.5) is 14.6 Å². The van der Waals surface area contributed by atoms with E-state index in [4.69, 9.17) is 11.6 Å². The Morgan fingerprint density at radius 3 is 2.79 bits per heavy atom. The Bertz CT molecular complexity index is 822. The first-order valence-corrected chi connectivity index (χ1v) is 9.94. The molecule has 1 fully saturated rings. The third-order valence-corrected chi connectivity index (χ3v) is 5.17. The fourth-order valence-electron chi connectivity index (χ4n) is 3.54. The van der Waals surface area contributed by atoms with Crippen LogP contribution in [0.15, 0.2) is 36.4 Å². The third kappa shape index (κ3) is 5.53. The number of carbonyl (C=O) groups excluding carboxylic acids is 1. The summed E-state index contributed by atoms with van der Waals surface area (Å²) >= 11 is 5.79. The first-order chi connectivity index (χ1) is 14.0. The molecule has 0 spiro atoms. The lowest BCUT2D eigenvalue weighted by Crippen LogP contribution is -2.44. The van der Waals surface area contributed by atoms with Crippen molar-refractivity contribution in [1.29, 1.82) is 0 Å². The largest absolute Gasteiger partial charge is 0.434 e. The zero-order valence-corrected chi connectivity index (χ0v) is 16.8. The van der Waals surface area contributed by atoms with Gasteiger partial charge in [-0.2, -0.15) is 8.78 Å². The summed E-state index contributed by atoms with van der Waals surface area (Å²) in [5.74, 6) is 0.403. The van der Waals surface area contributed by atoms with Gasteiger partial charge in [-0.05, 0) is 37.5 Å². The molecule has 1 aromatic carbocycles. The molecule has 1 aliphatic rings. The molecule has 0 unspecified atom stereocenters. The van der Waals surface area contributed by atoms with Crippen LogP contribution < -0.4 is 15.0 Å². The van der Waals surface area contributed by atoms with E-state index in [0.717, 1.165) is 19.4 Å². The monoisotopic (exact) mass is 424 g/mol. The number of hydrogen-bond acceptors (Lipinski definition) is 5. The standard InChI is InChI=1S/C20H23ClF2N4O2/c1-2-15(14-7-3-4-8-16(14)29-20(22)23)24-19(28)13-6-5-11-27(12-13)18-10-9-17(21)25-26-18/h3-4,7-10,13,15,20H,2,5-6,11-12H2,1H3,(H,24,28)/t13-,15-/m1/s1. The Labute approximate surface area is 173 Å². The quantitative estimate of drug-likeness (QED) is 0.721. The van der Waals surface area contributed by atoms with E-state index in [1.165, 1.54) is 6.07 Å². The molecule has 2 heterocycles. The minimum atomic E-state index is -2.92. The molecule has 0 radical (unpaired) electrons. The van der Waals surface area contributed by atoms with Gasteiger partial charge in [0.05, 0.1) is 12.0 Å². The lowest BCUT2D eigenvalue weighted by molar-refractivity contribution is -0.126. The van der Waals surface area contributed by atoms with Gasteiger partial charge in [0.1, 0.15) is 5.75 Å². The second-order valence-corrected chi connectivity index (χ2v) is 7.27. The number of piperidine rings is 1. The molecule has 1 saturated heterocycles. The number of carbonyl (C=O) groups is 1. The van der Waals surface area contributed by atoms with E-state index in [2.05, 4.69) is 20.3 Å². The molecule has 0 bridgehead atoms. The number of hydrogen-bond donors (Lipinski definition) is 1. The molecular weight excluding hydrogens is 402 g/mol. The van der Waals surface area contributed by atoms with Crippen LogP contribution in [0.1, 0.15) is 37.8 Å². The summed E-state index contributed by atoms with van der Waals surface area (Å²) in [7, 11) is 0. The molecule has 156 valence electrons. The molecule has 9 heteroatoms. The van der Waals surface area contributed by atoms with Crippen molar-refractivity contribution in [3.05, 3.63) is 47.1 Å². The van der Waals surface area contributed by atoms with Crippen molar-refractivity contribution >= 4 is 23.3 Å². The van der Waals surface area contributed by atoms with Crippen molar-refractivity contribution in [2.45, 2.75) is 38.8 Å². The number of alkyl halides is 2. The summed E-state index contributed by atoms with van der Waals surface area (Å²) in [4.78, 5) is 14.9. The highest BCUT2D eigenvalue weighted by Crippen LogP contribution is 2.29. The molecule has 2 atom stereocenters. The van der Waals surface area contributed by atoms with Crippen LogP contribution in [0.5, 0.6) is 5.75 Å². The van der Waals surface area contributed by atoms with E-state index < -0.39 is 12.7 Å². The predicted molar refractivity (Wildman–Crippen MR) is 106 cm³/mol. The van der Waals surface area contributed by atoms with Gasteiger partial charge in [-0.1, -0.05) is 36.7 Å². The highest BCUT2D eigenvalue weighted by Gasteiger charge is 2.29. The van der Waals surface area contributed by atoms with Crippen LogP contribution in [0.2, 0.25) is 5.15 Å². The Kier molecular flexibility index (Phi) is 7.19. The van der Waals surface area contributed by atoms with Crippen molar-refractivity contribution < 1.29 is 18.3 Å². The summed E-state index contributed by atoms with van der Waals surface area (Å²) in [5, 5.41) is 11.3. The SMILES string of the molecule is CC[C@@H](NC(=O)[C@@H]1CCCN(c2ccc(Cl)nn2)C1)c1ccccc1OC(F)F. The molecule has 1 N–H and O–H groups in total. The van der Waals surface area contributed by atoms with Crippen molar-refractivity contribution in [3.8, 4) is 5.75 Å². The minimum absolute atomic E-state index is 0.0800. The number of ether oxygens (including phenoxy) is 1. The first-order valence-electron chi connectivity index (χ1n) is 9.56. The topological polar surface area (TPSA) is 67.4 Å². The number of anilines is 1. The van der Waals surface area contributed by atoms with Crippen molar-refractivity contribution in [2.24, 2.45) is 5.92 Å². The van der Waals surface area contributed by atoms with E-state index in [1.807, 2.05) is 11.8 Å². The molecule has 1 amide bonds. The number of amides is 1.